The fourth-order valence-electron chi connectivity index (χ4n) is 1.83. The highest BCUT2D eigenvalue weighted by Crippen LogP contribution is 2.13. The first-order chi connectivity index (χ1) is 10.5. The molecule has 0 fully saturated rings. The van der Waals surface area contributed by atoms with E-state index in [9.17, 15) is 14.4 Å². The zero-order chi connectivity index (χ0) is 16.1. The largest absolute Gasteiger partial charge is 0.465 e. The zero-order valence-electron chi connectivity index (χ0n) is 11.8. The van der Waals surface area contributed by atoms with Crippen LogP contribution in [0.2, 0.25) is 0 Å². The molecule has 6 heteroatoms. The number of benzene rings is 2. The number of rotatable bonds is 4. The van der Waals surface area contributed by atoms with Crippen LogP contribution in [0.1, 0.15) is 31.1 Å². The fraction of sp³-hybridized carbons (Fsp3) is 0.0625. The topological polar surface area (TPSA) is 98.5 Å². The van der Waals surface area contributed by atoms with Crippen molar-refractivity contribution < 1.29 is 19.1 Å². The van der Waals surface area contributed by atoms with Crippen molar-refractivity contribution in [2.24, 2.45) is 5.73 Å². The second kappa shape index (κ2) is 6.53. The summed E-state index contributed by atoms with van der Waals surface area (Å²) in [7, 11) is 1.29. The minimum atomic E-state index is -0.571. The number of hydrogen-bond acceptors (Lipinski definition) is 4. The molecule has 3 N–H and O–H groups in total. The Balaban J connectivity index is 2.13. The van der Waals surface area contributed by atoms with Gasteiger partial charge in [-0.3, -0.25) is 9.59 Å². The molecule has 0 aliphatic heterocycles. The number of nitrogens with one attached hydrogen (secondary N) is 1. The molecule has 0 unspecified atom stereocenters. The van der Waals surface area contributed by atoms with Gasteiger partial charge in [0.15, 0.2) is 0 Å². The molecular formula is C16H14N2O4. The third kappa shape index (κ3) is 3.49. The molecule has 2 amide bonds. The molecule has 0 bridgehead atoms. The van der Waals surface area contributed by atoms with E-state index in [1.165, 1.54) is 37.4 Å². The van der Waals surface area contributed by atoms with Gasteiger partial charge in [-0.25, -0.2) is 4.79 Å². The van der Waals surface area contributed by atoms with Crippen LogP contribution in [0.15, 0.2) is 48.5 Å². The first-order valence-electron chi connectivity index (χ1n) is 6.41. The van der Waals surface area contributed by atoms with E-state index in [4.69, 9.17) is 5.73 Å². The van der Waals surface area contributed by atoms with Gasteiger partial charge in [-0.1, -0.05) is 6.07 Å². The van der Waals surface area contributed by atoms with Crippen molar-refractivity contribution in [1.82, 2.24) is 0 Å². The quantitative estimate of drug-likeness (QED) is 0.841. The molecule has 112 valence electrons. The van der Waals surface area contributed by atoms with Gasteiger partial charge >= 0.3 is 5.97 Å². The molecule has 2 rings (SSSR count). The number of esters is 1. The lowest BCUT2D eigenvalue weighted by atomic mass is 10.1. The van der Waals surface area contributed by atoms with Crippen molar-refractivity contribution >= 4 is 23.5 Å². The predicted molar refractivity (Wildman–Crippen MR) is 80.7 cm³/mol. The third-order valence-corrected chi connectivity index (χ3v) is 2.97. The van der Waals surface area contributed by atoms with Crippen LogP contribution in [0.3, 0.4) is 0 Å². The number of carbonyl (C=O) groups is 3. The molecule has 0 aliphatic carbocycles. The Kier molecular flexibility index (Phi) is 4.53. The number of carbonyl (C=O) groups excluding carboxylic acids is 3. The molecule has 0 saturated carbocycles. The first-order valence-corrected chi connectivity index (χ1v) is 6.41. The summed E-state index contributed by atoms with van der Waals surface area (Å²) in [5.41, 5.74) is 6.68. The molecule has 0 spiro atoms. The van der Waals surface area contributed by atoms with Gasteiger partial charge in [0.1, 0.15) is 0 Å². The number of nitrogens with two attached hydrogens (primary N) is 1. The number of anilines is 1. The Bertz CT molecular complexity index is 723. The lowest BCUT2D eigenvalue weighted by molar-refractivity contribution is 0.0600. The number of methoxy groups -OCH3 is 1. The van der Waals surface area contributed by atoms with Gasteiger partial charge < -0.3 is 15.8 Å². The van der Waals surface area contributed by atoms with E-state index in [1.807, 2.05) is 0 Å². The summed E-state index contributed by atoms with van der Waals surface area (Å²) in [6.07, 6.45) is 0. The summed E-state index contributed by atoms with van der Waals surface area (Å²) in [6, 6.07) is 12.3. The molecule has 0 aliphatic rings. The van der Waals surface area contributed by atoms with Crippen LogP contribution < -0.4 is 11.1 Å². The summed E-state index contributed by atoms with van der Waals surface area (Å²) in [6.45, 7) is 0. The summed E-state index contributed by atoms with van der Waals surface area (Å²) >= 11 is 0. The maximum atomic E-state index is 12.1. The van der Waals surface area contributed by atoms with E-state index in [0.29, 0.717) is 22.4 Å². The minimum absolute atomic E-state index is 0.304. The highest BCUT2D eigenvalue weighted by atomic mass is 16.5. The van der Waals surface area contributed by atoms with E-state index in [0.717, 1.165) is 0 Å². The Morgan fingerprint density at radius 1 is 0.955 bits per heavy atom. The average molecular weight is 298 g/mol. The first kappa shape index (κ1) is 15.2. The number of amides is 2. The highest BCUT2D eigenvalue weighted by molar-refractivity contribution is 6.05. The van der Waals surface area contributed by atoms with Crippen molar-refractivity contribution in [3.8, 4) is 0 Å². The van der Waals surface area contributed by atoms with Crippen LogP contribution in [0.5, 0.6) is 0 Å². The lowest BCUT2D eigenvalue weighted by Crippen LogP contribution is -2.14. The minimum Gasteiger partial charge on any atom is -0.465 e. The summed E-state index contributed by atoms with van der Waals surface area (Å²) in [5.74, 6) is -1.40. The summed E-state index contributed by atoms with van der Waals surface area (Å²) in [5, 5.41) is 2.65. The average Bonchev–Trinajstić information content (AvgIpc) is 2.54. The van der Waals surface area contributed by atoms with Crippen molar-refractivity contribution in [2.75, 3.05) is 12.4 Å². The van der Waals surface area contributed by atoms with Crippen LogP contribution >= 0.6 is 0 Å². The molecule has 0 radical (unpaired) electrons. The van der Waals surface area contributed by atoms with Gasteiger partial charge in [0.25, 0.3) is 5.91 Å². The Hall–Kier alpha value is -3.15. The van der Waals surface area contributed by atoms with E-state index >= 15 is 0 Å². The normalized spacial score (nSPS) is 9.86. The molecule has 0 saturated heterocycles. The van der Waals surface area contributed by atoms with Crippen molar-refractivity contribution in [3.05, 3.63) is 65.2 Å². The van der Waals surface area contributed by atoms with Crippen LogP contribution in [-0.2, 0) is 4.74 Å². The maximum Gasteiger partial charge on any atom is 0.337 e. The van der Waals surface area contributed by atoms with Crippen LogP contribution in [0.25, 0.3) is 0 Å². The van der Waals surface area contributed by atoms with E-state index in [-0.39, 0.29) is 5.91 Å². The highest BCUT2D eigenvalue weighted by Gasteiger charge is 2.10. The predicted octanol–water partition coefficient (Wildman–Crippen LogP) is 1.82. The Morgan fingerprint density at radius 2 is 1.59 bits per heavy atom. The van der Waals surface area contributed by atoms with Gasteiger partial charge in [-0.15, -0.1) is 0 Å². The summed E-state index contributed by atoms with van der Waals surface area (Å²) < 4.78 is 4.58. The fourth-order valence-corrected chi connectivity index (χ4v) is 1.83. The number of ether oxygens (including phenoxy) is 1. The van der Waals surface area contributed by atoms with E-state index in [1.54, 1.807) is 18.2 Å². The third-order valence-electron chi connectivity index (χ3n) is 2.97. The molecule has 6 nitrogen and oxygen atoms in total. The van der Waals surface area contributed by atoms with Crippen molar-refractivity contribution in [3.63, 3.8) is 0 Å². The van der Waals surface area contributed by atoms with E-state index < -0.39 is 11.9 Å². The molecule has 2 aromatic rings. The zero-order valence-corrected chi connectivity index (χ0v) is 11.8. The second-order valence-corrected chi connectivity index (χ2v) is 4.47. The Labute approximate surface area is 126 Å². The van der Waals surface area contributed by atoms with Gasteiger partial charge in [0.05, 0.1) is 12.7 Å². The summed E-state index contributed by atoms with van der Waals surface area (Å²) in [4.78, 5) is 34.5. The molecule has 0 heterocycles. The molecule has 22 heavy (non-hydrogen) atoms. The van der Waals surface area contributed by atoms with Crippen LogP contribution in [-0.4, -0.2) is 24.9 Å². The van der Waals surface area contributed by atoms with Gasteiger partial charge in [-0.2, -0.15) is 0 Å². The SMILES string of the molecule is COC(=O)c1ccc(C(=O)Nc2cccc(C(N)=O)c2)cc1. The lowest BCUT2D eigenvalue weighted by Gasteiger charge is -2.07. The maximum absolute atomic E-state index is 12.1. The molecule has 2 aromatic carbocycles. The van der Waals surface area contributed by atoms with Crippen molar-refractivity contribution in [1.29, 1.82) is 0 Å². The van der Waals surface area contributed by atoms with Crippen LogP contribution in [0, 0.1) is 0 Å². The van der Waals surface area contributed by atoms with Crippen molar-refractivity contribution in [2.45, 2.75) is 0 Å². The number of hydrogen-bond donors (Lipinski definition) is 2. The smallest absolute Gasteiger partial charge is 0.337 e. The Morgan fingerprint density at radius 3 is 2.18 bits per heavy atom. The molecular weight excluding hydrogens is 284 g/mol. The van der Waals surface area contributed by atoms with E-state index in [2.05, 4.69) is 10.1 Å². The van der Waals surface area contributed by atoms with Gasteiger partial charge in [0.2, 0.25) is 5.91 Å². The van der Waals surface area contributed by atoms with Gasteiger partial charge in [0, 0.05) is 16.8 Å². The molecule has 0 aromatic heterocycles. The monoisotopic (exact) mass is 298 g/mol. The second-order valence-electron chi connectivity index (χ2n) is 4.47. The standard InChI is InChI=1S/C16H14N2O4/c1-22-16(21)11-7-5-10(6-8-11)15(20)18-13-4-2-3-12(9-13)14(17)19/h2-9H,1H3,(H2,17,19)(H,18,20). The van der Waals surface area contributed by atoms with Crippen LogP contribution in [0.4, 0.5) is 5.69 Å². The van der Waals surface area contributed by atoms with Gasteiger partial charge in [-0.05, 0) is 42.5 Å². The number of primary amides is 1. The molecule has 0 atom stereocenters.